The lowest BCUT2D eigenvalue weighted by Gasteiger charge is -2.17. The van der Waals surface area contributed by atoms with Crippen molar-refractivity contribution in [1.82, 2.24) is 0 Å². The van der Waals surface area contributed by atoms with E-state index in [0.29, 0.717) is 5.41 Å². The summed E-state index contributed by atoms with van der Waals surface area (Å²) in [5.74, 6) is 0.945. The largest absolute Gasteiger partial charge is 0.198 e. The van der Waals surface area contributed by atoms with E-state index < -0.39 is 0 Å². The minimum absolute atomic E-state index is 0.535. The van der Waals surface area contributed by atoms with E-state index in [1.807, 2.05) is 0 Å². The van der Waals surface area contributed by atoms with E-state index in [9.17, 15) is 0 Å². The summed E-state index contributed by atoms with van der Waals surface area (Å²) in [6, 6.07) is 2.32. The number of hydrogen-bond acceptors (Lipinski definition) is 1. The van der Waals surface area contributed by atoms with Crippen LogP contribution < -0.4 is 0 Å². The van der Waals surface area contributed by atoms with Gasteiger partial charge in [-0.2, -0.15) is 5.26 Å². The van der Waals surface area contributed by atoms with Crippen molar-refractivity contribution in [2.75, 3.05) is 0 Å². The lowest BCUT2D eigenvalue weighted by molar-refractivity contribution is 0.343. The number of nitriles is 1. The number of nitrogens with zero attached hydrogens (tertiary/aromatic N) is 1. The molecule has 0 amide bonds. The highest BCUT2D eigenvalue weighted by atomic mass is 14.6. The number of fused-ring (bicyclic) bond motifs is 1. The molecule has 54 valence electrons. The molecule has 2 unspecified atom stereocenters. The van der Waals surface area contributed by atoms with E-state index in [1.165, 1.54) is 32.1 Å². The fourth-order valence-corrected chi connectivity index (χ4v) is 2.48. The molecule has 2 fully saturated rings. The zero-order chi connectivity index (χ0) is 7.03. The molecule has 2 aliphatic carbocycles. The second-order valence-electron chi connectivity index (χ2n) is 3.84. The van der Waals surface area contributed by atoms with E-state index in [4.69, 9.17) is 5.26 Å². The average molecular weight is 135 g/mol. The summed E-state index contributed by atoms with van der Waals surface area (Å²) in [5.41, 5.74) is 0.535. The Labute approximate surface area is 62.0 Å². The van der Waals surface area contributed by atoms with Crippen LogP contribution in [0.5, 0.6) is 0 Å². The lowest BCUT2D eigenvalue weighted by Crippen LogP contribution is -2.07. The molecule has 0 aromatic heterocycles. The van der Waals surface area contributed by atoms with Crippen molar-refractivity contribution in [3.05, 3.63) is 0 Å². The zero-order valence-electron chi connectivity index (χ0n) is 6.27. The van der Waals surface area contributed by atoms with Crippen molar-refractivity contribution in [3.8, 4) is 6.07 Å². The fourth-order valence-electron chi connectivity index (χ4n) is 2.48. The third kappa shape index (κ3) is 0.751. The maximum atomic E-state index is 8.56. The van der Waals surface area contributed by atoms with Crippen molar-refractivity contribution < 1.29 is 0 Å². The summed E-state index contributed by atoms with van der Waals surface area (Å²) in [5, 5.41) is 8.56. The second-order valence-corrected chi connectivity index (χ2v) is 3.84. The molecule has 2 rings (SSSR count). The van der Waals surface area contributed by atoms with Gasteiger partial charge in [0.1, 0.15) is 0 Å². The van der Waals surface area contributed by atoms with Crippen LogP contribution in [0.2, 0.25) is 0 Å². The zero-order valence-corrected chi connectivity index (χ0v) is 6.27. The lowest BCUT2D eigenvalue weighted by atomic mass is 9.86. The molecule has 1 nitrogen and oxygen atoms in total. The van der Waals surface area contributed by atoms with E-state index >= 15 is 0 Å². The predicted octanol–water partition coefficient (Wildman–Crippen LogP) is 2.48. The highest BCUT2D eigenvalue weighted by Gasteiger charge is 2.53. The van der Waals surface area contributed by atoms with Crippen LogP contribution in [0.3, 0.4) is 0 Å². The topological polar surface area (TPSA) is 23.8 Å². The minimum atomic E-state index is 0.535. The Morgan fingerprint density at radius 1 is 1.50 bits per heavy atom. The summed E-state index contributed by atoms with van der Waals surface area (Å²) in [7, 11) is 0. The van der Waals surface area contributed by atoms with Gasteiger partial charge in [-0.05, 0) is 30.6 Å². The smallest absolute Gasteiger partial charge is 0.0627 e. The Kier molecular flexibility index (Phi) is 1.23. The molecule has 0 aromatic carbocycles. The number of hydrogen-bond donors (Lipinski definition) is 0. The van der Waals surface area contributed by atoms with Gasteiger partial charge in [0.2, 0.25) is 0 Å². The third-order valence-electron chi connectivity index (χ3n) is 3.27. The number of rotatable bonds is 1. The monoisotopic (exact) mass is 135 g/mol. The minimum Gasteiger partial charge on any atom is -0.198 e. The van der Waals surface area contributed by atoms with Gasteiger partial charge in [-0.3, -0.25) is 0 Å². The molecule has 0 aromatic rings. The molecule has 0 radical (unpaired) electrons. The maximum absolute atomic E-state index is 8.56. The predicted molar refractivity (Wildman–Crippen MR) is 39.2 cm³/mol. The summed E-state index contributed by atoms with van der Waals surface area (Å²) in [4.78, 5) is 0. The van der Waals surface area contributed by atoms with Gasteiger partial charge in [-0.25, -0.2) is 0 Å². The fraction of sp³-hybridized carbons (Fsp3) is 0.889. The third-order valence-corrected chi connectivity index (χ3v) is 3.27. The van der Waals surface area contributed by atoms with Crippen molar-refractivity contribution in [1.29, 1.82) is 5.26 Å². The van der Waals surface area contributed by atoms with Gasteiger partial charge >= 0.3 is 0 Å². The van der Waals surface area contributed by atoms with Crippen LogP contribution in [-0.4, -0.2) is 0 Å². The Morgan fingerprint density at radius 3 is 3.10 bits per heavy atom. The molecule has 0 aliphatic heterocycles. The van der Waals surface area contributed by atoms with Gasteiger partial charge in [0.05, 0.1) is 6.07 Å². The molecule has 0 N–H and O–H groups in total. The van der Waals surface area contributed by atoms with Gasteiger partial charge in [0.15, 0.2) is 0 Å². The molecule has 0 bridgehead atoms. The van der Waals surface area contributed by atoms with E-state index in [-0.39, 0.29) is 0 Å². The van der Waals surface area contributed by atoms with Gasteiger partial charge in [-0.15, -0.1) is 0 Å². The maximum Gasteiger partial charge on any atom is 0.0627 e. The highest BCUT2D eigenvalue weighted by molar-refractivity contribution is 5.07. The van der Waals surface area contributed by atoms with Gasteiger partial charge < -0.3 is 0 Å². The normalized spacial score (nSPS) is 43.7. The summed E-state index contributed by atoms with van der Waals surface area (Å²) < 4.78 is 0. The van der Waals surface area contributed by atoms with Crippen LogP contribution >= 0.6 is 0 Å². The molecule has 0 heterocycles. The van der Waals surface area contributed by atoms with Crippen LogP contribution in [0.1, 0.15) is 38.5 Å². The molecule has 2 atom stereocenters. The molecule has 0 spiro atoms. The van der Waals surface area contributed by atoms with E-state index in [1.54, 1.807) is 0 Å². The molecule has 2 aliphatic rings. The Morgan fingerprint density at radius 2 is 2.40 bits per heavy atom. The van der Waals surface area contributed by atoms with Crippen LogP contribution in [0.4, 0.5) is 0 Å². The van der Waals surface area contributed by atoms with E-state index in [0.717, 1.165) is 12.3 Å². The molecule has 2 saturated carbocycles. The molecular formula is C9H13N. The highest BCUT2D eigenvalue weighted by Crippen LogP contribution is 2.63. The first-order chi connectivity index (χ1) is 4.87. The van der Waals surface area contributed by atoms with E-state index in [2.05, 4.69) is 6.07 Å². The second kappa shape index (κ2) is 1.99. The van der Waals surface area contributed by atoms with Crippen LogP contribution in [0.25, 0.3) is 0 Å². The summed E-state index contributed by atoms with van der Waals surface area (Å²) in [6.07, 6.45) is 7.72. The molecule has 10 heavy (non-hydrogen) atoms. The summed E-state index contributed by atoms with van der Waals surface area (Å²) in [6.45, 7) is 0. The van der Waals surface area contributed by atoms with Crippen LogP contribution in [0.15, 0.2) is 0 Å². The van der Waals surface area contributed by atoms with Crippen molar-refractivity contribution in [3.63, 3.8) is 0 Å². The first-order valence-electron chi connectivity index (χ1n) is 4.24. The van der Waals surface area contributed by atoms with Crippen molar-refractivity contribution >= 4 is 0 Å². The Bertz CT molecular complexity index is 180. The Balaban J connectivity index is 2.00. The van der Waals surface area contributed by atoms with Crippen LogP contribution in [0, 0.1) is 22.7 Å². The van der Waals surface area contributed by atoms with Gasteiger partial charge in [-0.1, -0.05) is 12.8 Å². The molecule has 1 heteroatoms. The van der Waals surface area contributed by atoms with Crippen molar-refractivity contribution in [2.45, 2.75) is 38.5 Å². The molecule has 0 saturated heterocycles. The average Bonchev–Trinajstić information content (AvgIpc) is 2.62. The summed E-state index contributed by atoms with van der Waals surface area (Å²) >= 11 is 0. The van der Waals surface area contributed by atoms with Gasteiger partial charge in [0, 0.05) is 6.42 Å². The quantitative estimate of drug-likeness (QED) is 0.542. The Hall–Kier alpha value is -0.510. The SMILES string of the molecule is N#CCC12CCCCC1C2. The molecular weight excluding hydrogens is 122 g/mol. The van der Waals surface area contributed by atoms with Crippen LogP contribution in [-0.2, 0) is 0 Å². The van der Waals surface area contributed by atoms with Crippen molar-refractivity contribution in [2.24, 2.45) is 11.3 Å². The van der Waals surface area contributed by atoms with Gasteiger partial charge in [0.25, 0.3) is 0 Å². The first kappa shape index (κ1) is 6.22. The first-order valence-corrected chi connectivity index (χ1v) is 4.24. The standard InChI is InChI=1S/C9H13N/c10-6-5-9-4-2-1-3-8(9)7-9/h8H,1-5,7H2.